The molecule has 2 aliphatic rings. The van der Waals surface area contributed by atoms with Gasteiger partial charge in [0, 0.05) is 56.8 Å². The SMILES string of the molecule is CN1CCN(C(=O)Oc2cc(OC3CCOCC3)c3c(Nc4ccc5ncsc5c4)ncnc3c2)CC1. The number of nitrogens with one attached hydrogen (secondary N) is 1. The topological polar surface area (TPSA) is 102 Å². The lowest BCUT2D eigenvalue weighted by Crippen LogP contribution is -2.48. The second-order valence-electron chi connectivity index (χ2n) is 9.29. The van der Waals surface area contributed by atoms with Gasteiger partial charge in [-0.3, -0.25) is 0 Å². The highest BCUT2D eigenvalue weighted by Crippen LogP contribution is 2.37. The number of aromatic nitrogens is 3. The van der Waals surface area contributed by atoms with Gasteiger partial charge in [0.05, 0.1) is 39.8 Å². The zero-order chi connectivity index (χ0) is 25.2. The Kier molecular flexibility index (Phi) is 6.73. The Morgan fingerprint density at radius 1 is 1.05 bits per heavy atom. The summed E-state index contributed by atoms with van der Waals surface area (Å²) < 4.78 is 18.9. The number of hydrogen-bond donors (Lipinski definition) is 1. The van der Waals surface area contributed by atoms with Gasteiger partial charge in [0.1, 0.15) is 29.7 Å². The molecule has 0 spiro atoms. The molecule has 11 heteroatoms. The normalized spacial score (nSPS) is 17.3. The molecule has 0 radical (unpaired) electrons. The van der Waals surface area contributed by atoms with Gasteiger partial charge in [0.25, 0.3) is 0 Å². The first-order chi connectivity index (χ1) is 18.1. The average molecular weight is 521 g/mol. The van der Waals surface area contributed by atoms with E-state index in [1.165, 1.54) is 6.33 Å². The third kappa shape index (κ3) is 5.29. The number of ether oxygens (including phenoxy) is 3. The van der Waals surface area contributed by atoms with E-state index in [2.05, 4.69) is 25.2 Å². The highest BCUT2D eigenvalue weighted by Gasteiger charge is 2.23. The average Bonchev–Trinajstić information content (AvgIpc) is 3.38. The van der Waals surface area contributed by atoms with Crippen molar-refractivity contribution in [1.82, 2.24) is 24.8 Å². The van der Waals surface area contributed by atoms with Crippen LogP contribution in [0, 0.1) is 0 Å². The molecule has 2 fully saturated rings. The number of thiazole rings is 1. The van der Waals surface area contributed by atoms with Crippen molar-refractivity contribution in [2.24, 2.45) is 0 Å². The maximum Gasteiger partial charge on any atom is 0.415 e. The van der Waals surface area contributed by atoms with Crippen LogP contribution in [0.2, 0.25) is 0 Å². The van der Waals surface area contributed by atoms with E-state index in [1.807, 2.05) is 30.8 Å². The highest BCUT2D eigenvalue weighted by molar-refractivity contribution is 7.16. The zero-order valence-corrected chi connectivity index (χ0v) is 21.4. The molecule has 0 unspecified atom stereocenters. The third-order valence-corrected chi connectivity index (χ3v) is 7.49. The van der Waals surface area contributed by atoms with Crippen molar-refractivity contribution in [3.63, 3.8) is 0 Å². The van der Waals surface area contributed by atoms with Crippen LogP contribution in [0.1, 0.15) is 12.8 Å². The van der Waals surface area contributed by atoms with E-state index in [4.69, 9.17) is 14.2 Å². The molecule has 6 rings (SSSR count). The lowest BCUT2D eigenvalue weighted by atomic mass is 10.1. The van der Waals surface area contributed by atoms with Crippen LogP contribution < -0.4 is 14.8 Å². The van der Waals surface area contributed by atoms with Crippen molar-refractivity contribution < 1.29 is 19.0 Å². The van der Waals surface area contributed by atoms with Crippen LogP contribution in [0.5, 0.6) is 11.5 Å². The third-order valence-electron chi connectivity index (χ3n) is 6.70. The van der Waals surface area contributed by atoms with Crippen LogP contribution in [0.15, 0.2) is 42.2 Å². The van der Waals surface area contributed by atoms with Crippen LogP contribution >= 0.6 is 11.3 Å². The maximum atomic E-state index is 12.9. The Morgan fingerprint density at radius 2 is 1.89 bits per heavy atom. The molecule has 2 saturated heterocycles. The van der Waals surface area contributed by atoms with E-state index >= 15 is 0 Å². The maximum absolute atomic E-state index is 12.9. The van der Waals surface area contributed by atoms with Crippen molar-refractivity contribution in [2.45, 2.75) is 18.9 Å². The first kappa shape index (κ1) is 23.8. The molecule has 1 N–H and O–H groups in total. The van der Waals surface area contributed by atoms with Gasteiger partial charge in [0.2, 0.25) is 0 Å². The monoisotopic (exact) mass is 520 g/mol. The summed E-state index contributed by atoms with van der Waals surface area (Å²) >= 11 is 1.59. The molecule has 2 aromatic heterocycles. The standard InChI is InChI=1S/C26H28N6O4S/c1-31-6-8-32(9-7-31)26(33)36-19-13-21-24(22(14-19)35-18-4-10-34-11-5-18)25(28-15-27-21)30-17-2-3-20-23(12-17)37-16-29-20/h2-3,12-16,18H,4-11H2,1H3,(H,27,28,30). The molecule has 0 saturated carbocycles. The lowest BCUT2D eigenvalue weighted by Gasteiger charge is -2.31. The van der Waals surface area contributed by atoms with Gasteiger partial charge in [-0.2, -0.15) is 0 Å². The summed E-state index contributed by atoms with van der Waals surface area (Å²) in [4.78, 5) is 30.2. The van der Waals surface area contributed by atoms with Crippen molar-refractivity contribution in [3.05, 3.63) is 42.2 Å². The Bertz CT molecular complexity index is 1410. The number of carbonyl (C=O) groups is 1. The van der Waals surface area contributed by atoms with E-state index < -0.39 is 0 Å². The fourth-order valence-electron chi connectivity index (χ4n) is 4.57. The number of hydrogen-bond acceptors (Lipinski definition) is 10. The fraction of sp³-hybridized carbons (Fsp3) is 0.385. The first-order valence-electron chi connectivity index (χ1n) is 12.4. The van der Waals surface area contributed by atoms with Gasteiger partial charge in [-0.1, -0.05) is 0 Å². The molecular weight excluding hydrogens is 492 g/mol. The number of nitrogens with zero attached hydrogens (tertiary/aromatic N) is 5. The fourth-order valence-corrected chi connectivity index (χ4v) is 5.29. The predicted octanol–water partition coefficient (Wildman–Crippen LogP) is 4.29. The summed E-state index contributed by atoms with van der Waals surface area (Å²) in [5.74, 6) is 1.59. The van der Waals surface area contributed by atoms with Crippen molar-refractivity contribution in [3.8, 4) is 11.5 Å². The lowest BCUT2D eigenvalue weighted by molar-refractivity contribution is 0.0261. The molecule has 4 heterocycles. The number of benzene rings is 2. The molecule has 10 nitrogen and oxygen atoms in total. The molecule has 0 aliphatic carbocycles. The molecule has 192 valence electrons. The number of fused-ring (bicyclic) bond motifs is 2. The summed E-state index contributed by atoms with van der Waals surface area (Å²) in [6.45, 7) is 4.21. The summed E-state index contributed by atoms with van der Waals surface area (Å²) in [7, 11) is 2.05. The Labute approximate surface area is 218 Å². The quantitative estimate of drug-likeness (QED) is 0.413. The molecule has 4 aromatic rings. The molecule has 0 atom stereocenters. The van der Waals surface area contributed by atoms with E-state index in [-0.39, 0.29) is 12.2 Å². The molecule has 2 aromatic carbocycles. The second-order valence-corrected chi connectivity index (χ2v) is 10.2. The number of amides is 1. The van der Waals surface area contributed by atoms with Crippen LogP contribution in [-0.4, -0.2) is 83.4 Å². The molecule has 37 heavy (non-hydrogen) atoms. The minimum Gasteiger partial charge on any atom is -0.489 e. The van der Waals surface area contributed by atoms with Crippen molar-refractivity contribution >= 4 is 50.1 Å². The Morgan fingerprint density at radius 3 is 2.73 bits per heavy atom. The number of anilines is 2. The summed E-state index contributed by atoms with van der Waals surface area (Å²) in [6, 6.07) is 9.53. The van der Waals surface area contributed by atoms with E-state index in [1.54, 1.807) is 28.4 Å². The van der Waals surface area contributed by atoms with Crippen LogP contribution in [0.3, 0.4) is 0 Å². The number of piperazine rings is 1. The van der Waals surface area contributed by atoms with Gasteiger partial charge in [0.15, 0.2) is 0 Å². The molecule has 2 aliphatic heterocycles. The van der Waals surface area contributed by atoms with E-state index in [9.17, 15) is 4.79 Å². The Balaban J connectivity index is 1.34. The predicted molar refractivity (Wildman–Crippen MR) is 142 cm³/mol. The number of carbonyl (C=O) groups excluding carboxylic acids is 1. The minimum atomic E-state index is -0.366. The second kappa shape index (κ2) is 10.4. The van der Waals surface area contributed by atoms with Crippen molar-refractivity contribution in [1.29, 1.82) is 0 Å². The zero-order valence-electron chi connectivity index (χ0n) is 20.6. The summed E-state index contributed by atoms with van der Waals surface area (Å²) in [5.41, 5.74) is 4.30. The summed E-state index contributed by atoms with van der Waals surface area (Å²) in [5, 5.41) is 4.16. The Hall–Kier alpha value is -3.54. The van der Waals surface area contributed by atoms with Gasteiger partial charge in [-0.25, -0.2) is 19.7 Å². The molecular formula is C26H28N6O4S. The first-order valence-corrected chi connectivity index (χ1v) is 13.3. The van der Waals surface area contributed by atoms with Gasteiger partial charge < -0.3 is 29.3 Å². The van der Waals surface area contributed by atoms with Crippen molar-refractivity contribution in [2.75, 3.05) is 51.8 Å². The van der Waals surface area contributed by atoms with Crippen LogP contribution in [-0.2, 0) is 4.74 Å². The molecule has 0 bridgehead atoms. The number of likely N-dealkylation sites (N-methyl/N-ethyl adjacent to an activating group) is 1. The van der Waals surface area contributed by atoms with Gasteiger partial charge in [-0.15, -0.1) is 11.3 Å². The smallest absolute Gasteiger partial charge is 0.415 e. The van der Waals surface area contributed by atoms with Crippen LogP contribution in [0.25, 0.3) is 21.1 Å². The largest absolute Gasteiger partial charge is 0.489 e. The highest BCUT2D eigenvalue weighted by atomic mass is 32.1. The van der Waals surface area contributed by atoms with Crippen LogP contribution in [0.4, 0.5) is 16.3 Å². The van der Waals surface area contributed by atoms with E-state index in [0.29, 0.717) is 49.1 Å². The van der Waals surface area contributed by atoms with Gasteiger partial charge in [-0.05, 0) is 25.2 Å². The van der Waals surface area contributed by atoms with E-state index in [0.717, 1.165) is 47.2 Å². The molecule has 1 amide bonds. The van der Waals surface area contributed by atoms with Gasteiger partial charge >= 0.3 is 6.09 Å². The summed E-state index contributed by atoms with van der Waals surface area (Å²) in [6.07, 6.45) is 2.69. The number of rotatable bonds is 5. The minimum absolute atomic E-state index is 0.0119.